The lowest BCUT2D eigenvalue weighted by molar-refractivity contribution is -0.144. The summed E-state index contributed by atoms with van der Waals surface area (Å²) in [7, 11) is 0. The van der Waals surface area contributed by atoms with Gasteiger partial charge in [-0.05, 0) is 19.1 Å². The summed E-state index contributed by atoms with van der Waals surface area (Å²) in [5, 5.41) is 0.951. The molecule has 5 heteroatoms. The number of rotatable bonds is 4. The van der Waals surface area contributed by atoms with E-state index in [9.17, 15) is 4.79 Å². The molecule has 0 saturated carbocycles. The number of halogens is 1. The Morgan fingerprint density at radius 2 is 2.05 bits per heavy atom. The maximum Gasteiger partial charge on any atom is 0.305 e. The van der Waals surface area contributed by atoms with E-state index in [1.165, 1.54) is 0 Å². The van der Waals surface area contributed by atoms with Gasteiger partial charge in [0.15, 0.2) is 0 Å². The summed E-state index contributed by atoms with van der Waals surface area (Å²) in [6.07, 6.45) is 0.400. The summed E-state index contributed by atoms with van der Waals surface area (Å²) in [5.41, 5.74) is 2.00. The van der Waals surface area contributed by atoms with Crippen LogP contribution in [0.5, 0.6) is 0 Å². The molecule has 0 aliphatic rings. The van der Waals surface area contributed by atoms with E-state index in [0.29, 0.717) is 13.0 Å². The smallest absolute Gasteiger partial charge is 0.305 e. The van der Waals surface area contributed by atoms with Gasteiger partial charge in [0, 0.05) is 16.5 Å². The van der Waals surface area contributed by atoms with Crippen molar-refractivity contribution in [1.82, 2.24) is 4.98 Å². The van der Waals surface area contributed by atoms with E-state index in [1.807, 2.05) is 31.2 Å². The molecule has 1 heterocycles. The molecule has 0 unspecified atom stereocenters. The van der Waals surface area contributed by atoms with Crippen molar-refractivity contribution in [3.8, 4) is 10.6 Å². The lowest BCUT2D eigenvalue weighted by atomic mass is 10.2. The van der Waals surface area contributed by atoms with E-state index < -0.39 is 0 Å². The molecule has 3 nitrogen and oxygen atoms in total. The van der Waals surface area contributed by atoms with E-state index in [4.69, 9.17) is 4.74 Å². The fourth-order valence-electron chi connectivity index (χ4n) is 1.53. The number of ether oxygens (including phenoxy) is 1. The van der Waals surface area contributed by atoms with Crippen molar-refractivity contribution in [3.05, 3.63) is 39.3 Å². The van der Waals surface area contributed by atoms with Gasteiger partial charge < -0.3 is 4.74 Å². The Morgan fingerprint density at radius 3 is 2.68 bits per heavy atom. The molecule has 0 atom stereocenters. The number of nitrogens with zero attached hydrogens (tertiary/aromatic N) is 1. The Kier molecular flexibility index (Phi) is 4.71. The number of esters is 1. The molecular formula is C14H14BrNO2S. The van der Waals surface area contributed by atoms with Gasteiger partial charge in [0.05, 0.1) is 10.6 Å². The fraction of sp³-hybridized carbons (Fsp3) is 0.286. The van der Waals surface area contributed by atoms with Crippen LogP contribution in [0.3, 0.4) is 0 Å². The molecule has 2 rings (SSSR count). The zero-order valence-electron chi connectivity index (χ0n) is 10.8. The molecule has 0 fully saturated rings. The summed E-state index contributed by atoms with van der Waals surface area (Å²) in [6, 6.07) is 8.01. The number of hydrogen-bond donors (Lipinski definition) is 0. The number of carbonyl (C=O) groups excluding carboxylic acids is 1. The SMILES string of the molecule is CCC(=O)OCc1sc(-c2ccc(Br)cc2)nc1C. The van der Waals surface area contributed by atoms with E-state index in [0.717, 1.165) is 25.6 Å². The third-order valence-corrected chi connectivity index (χ3v) is 4.35. The van der Waals surface area contributed by atoms with Gasteiger partial charge in [-0.2, -0.15) is 0 Å². The van der Waals surface area contributed by atoms with Crippen LogP contribution in [0.15, 0.2) is 28.7 Å². The minimum absolute atomic E-state index is 0.182. The van der Waals surface area contributed by atoms with Gasteiger partial charge in [0.25, 0.3) is 0 Å². The average Bonchev–Trinajstić information content (AvgIpc) is 2.78. The van der Waals surface area contributed by atoms with Crippen LogP contribution in [0, 0.1) is 6.92 Å². The first-order valence-electron chi connectivity index (χ1n) is 5.98. The predicted octanol–water partition coefficient (Wildman–Crippen LogP) is 4.33. The maximum absolute atomic E-state index is 11.2. The molecule has 0 spiro atoms. The Bertz CT molecular complexity index is 578. The maximum atomic E-state index is 11.2. The van der Waals surface area contributed by atoms with Gasteiger partial charge in [-0.25, -0.2) is 4.98 Å². The summed E-state index contributed by atoms with van der Waals surface area (Å²) < 4.78 is 6.19. The summed E-state index contributed by atoms with van der Waals surface area (Å²) in [6.45, 7) is 4.04. The largest absolute Gasteiger partial charge is 0.460 e. The Balaban J connectivity index is 2.16. The molecule has 0 radical (unpaired) electrons. The van der Waals surface area contributed by atoms with Crippen molar-refractivity contribution in [2.75, 3.05) is 0 Å². The van der Waals surface area contributed by atoms with Gasteiger partial charge >= 0.3 is 5.97 Å². The van der Waals surface area contributed by atoms with E-state index >= 15 is 0 Å². The first-order valence-corrected chi connectivity index (χ1v) is 7.59. The molecule has 2 aromatic rings. The molecular weight excluding hydrogens is 326 g/mol. The Labute approximate surface area is 124 Å². The molecule has 0 N–H and O–H groups in total. The lowest BCUT2D eigenvalue weighted by Gasteiger charge is -2.00. The third-order valence-electron chi connectivity index (χ3n) is 2.64. The molecule has 1 aromatic heterocycles. The molecule has 1 aromatic carbocycles. The summed E-state index contributed by atoms with van der Waals surface area (Å²) in [4.78, 5) is 16.7. The van der Waals surface area contributed by atoms with E-state index in [1.54, 1.807) is 18.3 Å². The topological polar surface area (TPSA) is 39.2 Å². The van der Waals surface area contributed by atoms with Crippen molar-refractivity contribution < 1.29 is 9.53 Å². The first kappa shape index (κ1) is 14.2. The van der Waals surface area contributed by atoms with Crippen LogP contribution < -0.4 is 0 Å². The molecule has 0 saturated heterocycles. The minimum atomic E-state index is -0.182. The zero-order valence-corrected chi connectivity index (χ0v) is 13.2. The van der Waals surface area contributed by atoms with Crippen LogP contribution in [0.25, 0.3) is 10.6 Å². The molecule has 0 aliphatic carbocycles. The van der Waals surface area contributed by atoms with Crippen molar-refractivity contribution in [2.24, 2.45) is 0 Å². The number of carbonyl (C=O) groups is 1. The Morgan fingerprint density at radius 1 is 1.37 bits per heavy atom. The van der Waals surface area contributed by atoms with Gasteiger partial charge in [-0.3, -0.25) is 4.79 Å². The number of benzene rings is 1. The standard InChI is InChI=1S/C14H14BrNO2S/c1-3-13(17)18-8-12-9(2)16-14(19-12)10-4-6-11(15)7-5-10/h4-7H,3,8H2,1-2H3. The van der Waals surface area contributed by atoms with Gasteiger partial charge in [-0.1, -0.05) is 35.0 Å². The highest BCUT2D eigenvalue weighted by atomic mass is 79.9. The van der Waals surface area contributed by atoms with Crippen LogP contribution >= 0.6 is 27.3 Å². The molecule has 0 aliphatic heterocycles. The van der Waals surface area contributed by atoms with Crippen molar-refractivity contribution >= 4 is 33.2 Å². The number of thiazole rings is 1. The number of hydrogen-bond acceptors (Lipinski definition) is 4. The van der Waals surface area contributed by atoms with Gasteiger partial charge in [0.2, 0.25) is 0 Å². The average molecular weight is 340 g/mol. The second-order valence-electron chi connectivity index (χ2n) is 4.05. The molecule has 0 amide bonds. The zero-order chi connectivity index (χ0) is 13.8. The monoisotopic (exact) mass is 339 g/mol. The third kappa shape index (κ3) is 3.64. The van der Waals surface area contributed by atoms with Crippen molar-refractivity contribution in [2.45, 2.75) is 26.9 Å². The highest BCUT2D eigenvalue weighted by Gasteiger charge is 2.11. The highest BCUT2D eigenvalue weighted by Crippen LogP contribution is 2.29. The van der Waals surface area contributed by atoms with Crippen molar-refractivity contribution in [1.29, 1.82) is 0 Å². The summed E-state index contributed by atoms with van der Waals surface area (Å²) >= 11 is 4.98. The quantitative estimate of drug-likeness (QED) is 0.778. The minimum Gasteiger partial charge on any atom is -0.460 e. The van der Waals surface area contributed by atoms with Crippen LogP contribution in [0.2, 0.25) is 0 Å². The van der Waals surface area contributed by atoms with Gasteiger partial charge in [-0.15, -0.1) is 11.3 Å². The van der Waals surface area contributed by atoms with Crippen LogP contribution in [-0.2, 0) is 16.1 Å². The van der Waals surface area contributed by atoms with E-state index in [-0.39, 0.29) is 5.97 Å². The van der Waals surface area contributed by atoms with Crippen molar-refractivity contribution in [3.63, 3.8) is 0 Å². The summed E-state index contributed by atoms with van der Waals surface area (Å²) in [5.74, 6) is -0.182. The fourth-order valence-corrected chi connectivity index (χ4v) is 2.77. The van der Waals surface area contributed by atoms with E-state index in [2.05, 4.69) is 20.9 Å². The number of aromatic nitrogens is 1. The van der Waals surface area contributed by atoms with Crippen LogP contribution in [0.4, 0.5) is 0 Å². The molecule has 0 bridgehead atoms. The second kappa shape index (κ2) is 6.30. The second-order valence-corrected chi connectivity index (χ2v) is 6.05. The van der Waals surface area contributed by atoms with Crippen LogP contribution in [-0.4, -0.2) is 11.0 Å². The normalized spacial score (nSPS) is 10.5. The lowest BCUT2D eigenvalue weighted by Crippen LogP contribution is -2.01. The van der Waals surface area contributed by atoms with Crippen LogP contribution in [0.1, 0.15) is 23.9 Å². The predicted molar refractivity (Wildman–Crippen MR) is 80.1 cm³/mol. The first-order chi connectivity index (χ1) is 9.10. The number of aryl methyl sites for hydroxylation is 1. The Hall–Kier alpha value is -1.20. The molecule has 100 valence electrons. The highest BCUT2D eigenvalue weighted by molar-refractivity contribution is 9.10. The van der Waals surface area contributed by atoms with Gasteiger partial charge in [0.1, 0.15) is 11.6 Å². The molecule has 19 heavy (non-hydrogen) atoms.